The van der Waals surface area contributed by atoms with E-state index in [2.05, 4.69) is 0 Å². The van der Waals surface area contributed by atoms with Crippen molar-refractivity contribution in [3.8, 4) is 23.0 Å². The van der Waals surface area contributed by atoms with Gasteiger partial charge in [-0.15, -0.1) is 0 Å². The number of esters is 1. The zero-order chi connectivity index (χ0) is 22.3. The number of fused-ring (bicyclic) bond motifs is 6. The minimum absolute atomic E-state index is 0.356. The quantitative estimate of drug-likeness (QED) is 0.214. The topological polar surface area (TPSA) is 71.1 Å². The Hall–Kier alpha value is -2.18. The molecule has 2 heterocycles. The van der Waals surface area contributed by atoms with E-state index in [1.807, 2.05) is 30.3 Å². The van der Waals surface area contributed by atoms with Crippen LogP contribution in [0, 0.1) is 0 Å². The predicted molar refractivity (Wildman–Crippen MR) is 123 cm³/mol. The summed E-state index contributed by atoms with van der Waals surface area (Å²) in [6.07, 6.45) is 0. The van der Waals surface area contributed by atoms with Gasteiger partial charge in [-0.05, 0) is 12.1 Å². The van der Waals surface area contributed by atoms with Crippen molar-refractivity contribution in [2.45, 2.75) is 5.60 Å². The molecule has 2 aliphatic rings. The van der Waals surface area contributed by atoms with Gasteiger partial charge >= 0.3 is 168 Å². The normalized spacial score (nSPS) is 17.6. The summed E-state index contributed by atoms with van der Waals surface area (Å²) in [5.41, 5.74) is 1.45. The van der Waals surface area contributed by atoms with Crippen LogP contribution in [0.4, 0.5) is 4.79 Å². The second-order valence-electron chi connectivity index (χ2n) is 6.94. The molecular weight excluding hydrogens is 644 g/mol. The molecule has 1 atom stereocenters. The van der Waals surface area contributed by atoms with Crippen LogP contribution in [0.2, 0.25) is 0 Å². The Labute approximate surface area is 208 Å². The fourth-order valence-corrected chi connectivity index (χ4v) is 6.93. The Kier molecular flexibility index (Phi) is 5.85. The van der Waals surface area contributed by atoms with Gasteiger partial charge in [0.05, 0.1) is 7.11 Å². The summed E-state index contributed by atoms with van der Waals surface area (Å²) in [6, 6.07) is 17.9. The first-order valence-corrected chi connectivity index (χ1v) is 14.6. The maximum atomic E-state index is 12.8. The number of carbonyl (C=O) groups is 2. The zero-order valence-corrected chi connectivity index (χ0v) is 22.3. The van der Waals surface area contributed by atoms with Crippen LogP contribution in [0.15, 0.2) is 60.7 Å². The average Bonchev–Trinajstić information content (AvgIpc) is 3.10. The fraction of sp³-hybridized carbons (Fsp3) is 0.130. The number of ether oxygens (including phenoxy) is 4. The van der Waals surface area contributed by atoms with Gasteiger partial charge in [-0.3, -0.25) is 0 Å². The van der Waals surface area contributed by atoms with Crippen LogP contribution in [0.25, 0.3) is 0 Å². The monoisotopic (exact) mass is 659 g/mol. The third-order valence-electron chi connectivity index (χ3n) is 5.28. The van der Waals surface area contributed by atoms with Gasteiger partial charge in [-0.25, -0.2) is 4.79 Å². The molecule has 9 heteroatoms. The van der Waals surface area contributed by atoms with E-state index in [9.17, 15) is 9.59 Å². The molecule has 6 nitrogen and oxygen atoms in total. The molecule has 1 unspecified atom stereocenters. The molecule has 0 N–H and O–H groups in total. The SMILES string of the molecule is COc1ccc2c(c1)Oc1cc(OC(=O)SS[CH2][Pb])ccc1C21OC(=O)c2ccccc21. The Morgan fingerprint density at radius 2 is 1.69 bits per heavy atom. The molecule has 1 spiro atoms. The van der Waals surface area contributed by atoms with Crippen molar-refractivity contribution in [2.24, 2.45) is 0 Å². The summed E-state index contributed by atoms with van der Waals surface area (Å²) < 4.78 is 24.0. The predicted octanol–water partition coefficient (Wildman–Crippen LogP) is 5.27. The molecule has 0 amide bonds. The van der Waals surface area contributed by atoms with Gasteiger partial charge in [0.1, 0.15) is 0 Å². The second-order valence-corrected chi connectivity index (χ2v) is 12.5. The number of benzene rings is 3. The van der Waals surface area contributed by atoms with Crippen molar-refractivity contribution in [2.75, 3.05) is 10.4 Å². The molecule has 0 aromatic heterocycles. The average molecular weight is 659 g/mol. The number of carbonyl (C=O) groups excluding carboxylic acids is 2. The number of methoxy groups -OCH3 is 1. The first kappa shape index (κ1) is 21.7. The Bertz CT molecular complexity index is 1250. The van der Waals surface area contributed by atoms with Crippen LogP contribution in [-0.2, 0) is 10.3 Å². The van der Waals surface area contributed by atoms with E-state index in [1.54, 1.807) is 37.4 Å². The van der Waals surface area contributed by atoms with Gasteiger partial charge in [0, 0.05) is 0 Å². The molecule has 3 aromatic rings. The van der Waals surface area contributed by atoms with E-state index in [-0.39, 0.29) is 0 Å². The molecule has 159 valence electrons. The van der Waals surface area contributed by atoms with E-state index in [0.29, 0.717) is 39.7 Å². The van der Waals surface area contributed by atoms with Gasteiger partial charge in [0.2, 0.25) is 0 Å². The Balaban J connectivity index is 1.66. The van der Waals surface area contributed by atoms with Crippen LogP contribution in [0.3, 0.4) is 0 Å². The van der Waals surface area contributed by atoms with Crippen LogP contribution < -0.4 is 14.2 Å². The van der Waals surface area contributed by atoms with Crippen molar-refractivity contribution >= 4 is 58.6 Å². The molecule has 3 aromatic carbocycles. The van der Waals surface area contributed by atoms with Crippen molar-refractivity contribution in [1.82, 2.24) is 0 Å². The van der Waals surface area contributed by atoms with Crippen molar-refractivity contribution < 1.29 is 28.5 Å². The van der Waals surface area contributed by atoms with E-state index >= 15 is 0 Å². The van der Waals surface area contributed by atoms with Gasteiger partial charge in [-0.1, -0.05) is 12.1 Å². The van der Waals surface area contributed by atoms with Crippen molar-refractivity contribution in [3.63, 3.8) is 0 Å². The van der Waals surface area contributed by atoms with Crippen molar-refractivity contribution in [3.05, 3.63) is 82.9 Å². The summed E-state index contributed by atoms with van der Waals surface area (Å²) in [5, 5.41) is -0.393. The van der Waals surface area contributed by atoms with Gasteiger partial charge in [-0.2, -0.15) is 0 Å². The molecule has 5 rings (SSSR count). The Morgan fingerprint density at radius 1 is 1.00 bits per heavy atom. The van der Waals surface area contributed by atoms with E-state index in [1.165, 1.54) is 10.8 Å². The molecule has 0 fully saturated rings. The second kappa shape index (κ2) is 8.64. The molecule has 3 radical (unpaired) electrons. The summed E-state index contributed by atoms with van der Waals surface area (Å²) >= 11 is 1.00. The summed E-state index contributed by atoms with van der Waals surface area (Å²) in [4.78, 5) is 24.9. The summed E-state index contributed by atoms with van der Waals surface area (Å²) in [6.45, 7) is 0. The number of rotatable bonds is 4. The van der Waals surface area contributed by atoms with Gasteiger partial charge in [0.25, 0.3) is 0 Å². The standard InChI is InChI=1S/C23H15O6S2.Pb/c1-26-13-7-9-17-19(11-13)28-20-12-14(27-22(25)31-30-2)8-10-18(20)23(17)16-6-4-3-5-15(16)21(24)29-23;/h3-12H,2H2,1H3;. The van der Waals surface area contributed by atoms with E-state index in [0.717, 1.165) is 45.4 Å². The molecule has 2 aliphatic heterocycles. The molecule has 0 saturated carbocycles. The van der Waals surface area contributed by atoms with E-state index in [4.69, 9.17) is 18.9 Å². The van der Waals surface area contributed by atoms with E-state index < -0.39 is 16.9 Å². The fourth-order valence-electron chi connectivity index (χ4n) is 4.02. The third kappa shape index (κ3) is 3.48. The molecule has 0 aliphatic carbocycles. The summed E-state index contributed by atoms with van der Waals surface area (Å²) in [7, 11) is 4.12. The van der Waals surface area contributed by atoms with Gasteiger partial charge in [0.15, 0.2) is 0 Å². The van der Waals surface area contributed by atoms with Crippen LogP contribution in [0.1, 0.15) is 27.0 Å². The number of hydrogen-bond donors (Lipinski definition) is 0. The zero-order valence-electron chi connectivity index (χ0n) is 16.7. The molecular formula is C23H15O6PbS2. The third-order valence-corrected chi connectivity index (χ3v) is 11.0. The van der Waals surface area contributed by atoms with Gasteiger partial charge < -0.3 is 4.74 Å². The minimum atomic E-state index is -1.16. The first-order valence-electron chi connectivity index (χ1n) is 9.56. The maximum absolute atomic E-state index is 12.8. The first-order chi connectivity index (χ1) is 15.6. The summed E-state index contributed by atoms with van der Waals surface area (Å²) in [5.74, 6) is 1.52. The molecule has 0 saturated heterocycles. The Morgan fingerprint density at radius 3 is 2.41 bits per heavy atom. The van der Waals surface area contributed by atoms with Crippen LogP contribution >= 0.6 is 21.6 Å². The number of hydrogen-bond acceptors (Lipinski definition) is 8. The van der Waals surface area contributed by atoms with Crippen LogP contribution in [-0.4, -0.2) is 47.5 Å². The van der Waals surface area contributed by atoms with Crippen LogP contribution in [0.5, 0.6) is 23.0 Å². The molecule has 32 heavy (non-hydrogen) atoms. The van der Waals surface area contributed by atoms with Crippen molar-refractivity contribution in [1.29, 1.82) is 0 Å². The molecule has 0 bridgehead atoms.